The molecule has 3 N–H and O–H groups in total. The van der Waals surface area contributed by atoms with Gasteiger partial charge in [-0.15, -0.1) is 0 Å². The highest BCUT2D eigenvalue weighted by Gasteiger charge is 2.56. The Morgan fingerprint density at radius 2 is 1.67 bits per heavy atom. The van der Waals surface area contributed by atoms with Crippen LogP contribution in [0.5, 0.6) is 5.75 Å². The van der Waals surface area contributed by atoms with Crippen LogP contribution >= 0.6 is 0 Å². The van der Waals surface area contributed by atoms with Gasteiger partial charge in [-0.25, -0.2) is 4.79 Å². The molecule has 0 aliphatic carbocycles. The molecule has 12 nitrogen and oxygen atoms in total. The van der Waals surface area contributed by atoms with Crippen LogP contribution in [0.25, 0.3) is 10.9 Å². The molecule has 0 saturated carbocycles. The van der Waals surface area contributed by atoms with Crippen LogP contribution in [-0.2, 0) is 16.2 Å². The molecule has 2 aromatic carbocycles. The van der Waals surface area contributed by atoms with E-state index in [1.54, 1.807) is 47.5 Å². The van der Waals surface area contributed by atoms with Crippen molar-refractivity contribution in [2.75, 3.05) is 19.6 Å². The zero-order chi connectivity index (χ0) is 32.3. The number of pyridine rings is 2. The van der Waals surface area contributed by atoms with Gasteiger partial charge in [-0.2, -0.15) is 0 Å². The van der Waals surface area contributed by atoms with E-state index in [-0.39, 0.29) is 12.5 Å². The fourth-order valence-corrected chi connectivity index (χ4v) is 6.19. The minimum atomic E-state index is -1.73. The average Bonchev–Trinajstić information content (AvgIpc) is 3.07. The number of aryl methyl sites for hydroxylation is 1. The first-order valence-corrected chi connectivity index (χ1v) is 15.0. The number of amides is 6. The maximum atomic E-state index is 13.3. The Hall–Kier alpha value is -5.65. The first-order chi connectivity index (χ1) is 22.2. The third-order valence-corrected chi connectivity index (χ3v) is 8.62. The molecule has 6 amide bonds. The van der Waals surface area contributed by atoms with Crippen molar-refractivity contribution in [2.24, 2.45) is 11.3 Å². The number of carbonyl (C=O) groups excluding carboxylic acids is 5. The highest BCUT2D eigenvalue weighted by Crippen LogP contribution is 2.38. The van der Waals surface area contributed by atoms with E-state index in [1.807, 2.05) is 37.3 Å². The number of para-hydroxylation sites is 1. The molecule has 6 rings (SSSR count). The summed E-state index contributed by atoms with van der Waals surface area (Å²) in [6.07, 6.45) is 3.70. The quantitative estimate of drug-likeness (QED) is 0.253. The third-order valence-electron chi connectivity index (χ3n) is 8.62. The largest absolute Gasteiger partial charge is 0.489 e. The molecule has 4 heterocycles. The molecule has 4 aromatic rings. The molecule has 0 bridgehead atoms. The number of fused-ring (bicyclic) bond motifs is 1. The Balaban J connectivity index is 1.12. The molecule has 2 fully saturated rings. The van der Waals surface area contributed by atoms with Gasteiger partial charge in [-0.3, -0.25) is 39.8 Å². The third kappa shape index (κ3) is 6.01. The fraction of sp³-hybridized carbons (Fsp3) is 0.265. The van der Waals surface area contributed by atoms with Gasteiger partial charge in [0.1, 0.15) is 17.8 Å². The Bertz CT molecular complexity index is 1800. The second-order valence-electron chi connectivity index (χ2n) is 11.5. The Morgan fingerprint density at radius 1 is 0.957 bits per heavy atom. The van der Waals surface area contributed by atoms with Gasteiger partial charge in [-0.1, -0.05) is 18.2 Å². The lowest BCUT2D eigenvalue weighted by Crippen LogP contribution is -2.68. The summed E-state index contributed by atoms with van der Waals surface area (Å²) in [5.41, 5.74) is 1.78. The van der Waals surface area contributed by atoms with Crippen molar-refractivity contribution in [3.05, 3.63) is 102 Å². The first kappa shape index (κ1) is 30.4. The van der Waals surface area contributed by atoms with Gasteiger partial charge in [0.2, 0.25) is 11.8 Å². The van der Waals surface area contributed by atoms with E-state index in [0.29, 0.717) is 49.4 Å². The van der Waals surface area contributed by atoms with Crippen LogP contribution in [0, 0.1) is 18.3 Å². The summed E-state index contributed by atoms with van der Waals surface area (Å²) in [4.78, 5) is 74.9. The lowest BCUT2D eigenvalue weighted by atomic mass is 9.68. The maximum Gasteiger partial charge on any atom is 0.328 e. The van der Waals surface area contributed by atoms with Crippen molar-refractivity contribution in [2.45, 2.75) is 26.4 Å². The number of urea groups is 1. The van der Waals surface area contributed by atoms with E-state index in [2.05, 4.69) is 25.9 Å². The second kappa shape index (κ2) is 12.8. The van der Waals surface area contributed by atoms with Crippen molar-refractivity contribution in [1.29, 1.82) is 0 Å². The summed E-state index contributed by atoms with van der Waals surface area (Å²) in [6.45, 7) is 2.50. The van der Waals surface area contributed by atoms with E-state index in [9.17, 15) is 24.0 Å². The van der Waals surface area contributed by atoms with E-state index >= 15 is 0 Å². The molecule has 2 aliphatic heterocycles. The number of hydrogen-bond donors (Lipinski definition) is 3. The summed E-state index contributed by atoms with van der Waals surface area (Å²) in [5, 5.41) is 8.14. The molecule has 234 valence electrons. The maximum absolute atomic E-state index is 13.3. The van der Waals surface area contributed by atoms with Gasteiger partial charge in [0, 0.05) is 54.2 Å². The van der Waals surface area contributed by atoms with Gasteiger partial charge in [0.05, 0.1) is 11.1 Å². The fourth-order valence-electron chi connectivity index (χ4n) is 6.19. The number of piperidine rings is 1. The number of imide groups is 2. The number of nitrogens with one attached hydrogen (secondary N) is 3. The zero-order valence-corrected chi connectivity index (χ0v) is 25.1. The van der Waals surface area contributed by atoms with E-state index in [1.165, 1.54) is 6.20 Å². The number of nitrogens with zero attached hydrogens (tertiary/aromatic N) is 3. The van der Waals surface area contributed by atoms with Crippen LogP contribution in [0.4, 0.5) is 4.79 Å². The van der Waals surface area contributed by atoms with Crippen LogP contribution in [0.1, 0.15) is 44.8 Å². The summed E-state index contributed by atoms with van der Waals surface area (Å²) >= 11 is 0. The Kier molecular flexibility index (Phi) is 8.43. The minimum Gasteiger partial charge on any atom is -0.489 e. The van der Waals surface area contributed by atoms with Crippen LogP contribution < -0.4 is 20.7 Å². The molecule has 2 aromatic heterocycles. The number of benzene rings is 2. The smallest absolute Gasteiger partial charge is 0.328 e. The number of carbonyl (C=O) groups is 5. The van der Waals surface area contributed by atoms with E-state index < -0.39 is 35.1 Å². The van der Waals surface area contributed by atoms with Crippen LogP contribution in [0.2, 0.25) is 0 Å². The molecule has 2 aliphatic rings. The summed E-state index contributed by atoms with van der Waals surface area (Å²) in [5.74, 6) is -2.23. The Morgan fingerprint density at radius 3 is 2.37 bits per heavy atom. The average molecular weight is 621 g/mol. The predicted molar refractivity (Wildman–Crippen MR) is 167 cm³/mol. The molecule has 46 heavy (non-hydrogen) atoms. The number of likely N-dealkylation sites (tertiary alicyclic amines) is 1. The topological polar surface area (TPSA) is 160 Å². The van der Waals surface area contributed by atoms with Crippen LogP contribution in [0.15, 0.2) is 79.1 Å². The van der Waals surface area contributed by atoms with Gasteiger partial charge in [-0.05, 0) is 74.2 Å². The lowest BCUT2D eigenvalue weighted by molar-refractivity contribution is -0.149. The number of aromatic nitrogens is 2. The Labute approximate surface area is 264 Å². The molecule has 0 spiro atoms. The second-order valence-corrected chi connectivity index (χ2v) is 11.5. The van der Waals surface area contributed by atoms with Gasteiger partial charge < -0.3 is 15.0 Å². The first-order valence-electron chi connectivity index (χ1n) is 15.0. The molecular weight excluding hydrogens is 588 g/mol. The van der Waals surface area contributed by atoms with Crippen LogP contribution in [0.3, 0.4) is 0 Å². The van der Waals surface area contributed by atoms with Gasteiger partial charge in [0.15, 0.2) is 0 Å². The highest BCUT2D eigenvalue weighted by molar-refractivity contribution is 6.19. The number of ether oxygens (including phenoxy) is 1. The zero-order valence-electron chi connectivity index (χ0n) is 25.1. The number of barbiturate groups is 1. The lowest BCUT2D eigenvalue weighted by Gasteiger charge is -2.43. The van der Waals surface area contributed by atoms with Crippen molar-refractivity contribution >= 4 is 40.6 Å². The van der Waals surface area contributed by atoms with Gasteiger partial charge >= 0.3 is 6.03 Å². The van der Waals surface area contributed by atoms with Gasteiger partial charge in [0.25, 0.3) is 11.8 Å². The standard InChI is InChI=1S/C34H32N6O6/c1-21-17-24(27-6-2-3-7-28(27)37-21)19-46-26-10-8-22(9-11-26)29(41)36-20-34(31(43)38-33(45)39-32(34)44)25-12-15-40(16-13-25)30(42)23-5-4-14-35-18-23/h2-11,14,17-18,25H,12-13,15-16,19-20H2,1H3,(H,36,41)(H2,38,39,43,44,45). The number of rotatable bonds is 8. The normalized spacial score (nSPS) is 16.5. The molecular formula is C34H32N6O6. The number of hydrogen-bond acceptors (Lipinski definition) is 8. The van der Waals surface area contributed by atoms with E-state index in [4.69, 9.17) is 4.74 Å². The van der Waals surface area contributed by atoms with Crippen molar-refractivity contribution < 1.29 is 28.7 Å². The van der Waals surface area contributed by atoms with Crippen molar-refractivity contribution in [3.63, 3.8) is 0 Å². The van der Waals surface area contributed by atoms with Crippen molar-refractivity contribution in [3.8, 4) is 5.75 Å². The SMILES string of the molecule is Cc1cc(COc2ccc(C(=O)NCC3(C4CCN(C(=O)c5cccnc5)CC4)C(=O)NC(=O)NC3=O)cc2)c2ccccc2n1. The van der Waals surface area contributed by atoms with E-state index in [0.717, 1.165) is 22.2 Å². The monoisotopic (exact) mass is 620 g/mol. The van der Waals surface area contributed by atoms with Crippen LogP contribution in [-0.4, -0.2) is 64.2 Å². The molecule has 12 heteroatoms. The summed E-state index contributed by atoms with van der Waals surface area (Å²) < 4.78 is 6.00. The minimum absolute atomic E-state index is 0.196. The summed E-state index contributed by atoms with van der Waals surface area (Å²) in [6, 6.07) is 18.8. The molecule has 0 radical (unpaired) electrons. The predicted octanol–water partition coefficient (Wildman–Crippen LogP) is 3.15. The van der Waals surface area contributed by atoms with Crippen molar-refractivity contribution in [1.82, 2.24) is 30.8 Å². The molecule has 0 unspecified atom stereocenters. The molecule has 2 saturated heterocycles. The molecule has 0 atom stereocenters. The summed E-state index contributed by atoms with van der Waals surface area (Å²) in [7, 11) is 0. The highest BCUT2D eigenvalue weighted by atomic mass is 16.5.